The van der Waals surface area contributed by atoms with Gasteiger partial charge in [0, 0.05) is 26.3 Å². The zero-order valence-corrected chi connectivity index (χ0v) is 17.7. The van der Waals surface area contributed by atoms with E-state index in [-0.39, 0.29) is 24.0 Å². The molecule has 1 atom stereocenters. The van der Waals surface area contributed by atoms with Gasteiger partial charge in [0.1, 0.15) is 0 Å². The molecular formula is C19H29IN4O2. The second kappa shape index (κ2) is 13.8. The van der Waals surface area contributed by atoms with Crippen LogP contribution >= 0.6 is 24.0 Å². The maximum absolute atomic E-state index is 8.82. The second-order valence-corrected chi connectivity index (χ2v) is 5.99. The quantitative estimate of drug-likeness (QED) is 0.250. The molecule has 1 unspecified atom stereocenters. The first-order valence-electron chi connectivity index (χ1n) is 9.02. The maximum Gasteiger partial charge on any atom is 0.191 e. The third-order valence-electron chi connectivity index (χ3n) is 3.93. The molecular weight excluding hydrogens is 443 g/mol. The van der Waals surface area contributed by atoms with Crippen LogP contribution in [0.4, 0.5) is 0 Å². The zero-order chi connectivity index (χ0) is 17.7. The monoisotopic (exact) mass is 472 g/mol. The molecule has 0 amide bonds. The van der Waals surface area contributed by atoms with Crippen LogP contribution in [-0.2, 0) is 16.0 Å². The number of nitrogens with zero attached hydrogens (tertiary/aromatic N) is 2. The topological polar surface area (TPSA) is 78.7 Å². The van der Waals surface area contributed by atoms with Crippen LogP contribution in [0.2, 0.25) is 0 Å². The minimum atomic E-state index is 0. The third-order valence-corrected chi connectivity index (χ3v) is 3.93. The molecule has 0 saturated carbocycles. The number of rotatable bonds is 9. The van der Waals surface area contributed by atoms with Gasteiger partial charge in [-0.1, -0.05) is 12.1 Å². The highest BCUT2D eigenvalue weighted by Gasteiger charge is 2.14. The molecule has 0 aliphatic carbocycles. The Morgan fingerprint density at radius 1 is 1.35 bits per heavy atom. The van der Waals surface area contributed by atoms with Crippen molar-refractivity contribution in [1.82, 2.24) is 10.6 Å². The van der Waals surface area contributed by atoms with E-state index in [4.69, 9.17) is 14.7 Å². The van der Waals surface area contributed by atoms with Gasteiger partial charge in [-0.2, -0.15) is 5.26 Å². The molecule has 0 aromatic heterocycles. The van der Waals surface area contributed by atoms with Gasteiger partial charge < -0.3 is 20.1 Å². The first kappa shape index (κ1) is 22.7. The lowest BCUT2D eigenvalue weighted by atomic mass is 10.1. The second-order valence-electron chi connectivity index (χ2n) is 5.99. The van der Waals surface area contributed by atoms with E-state index in [2.05, 4.69) is 21.7 Å². The predicted molar refractivity (Wildman–Crippen MR) is 114 cm³/mol. The van der Waals surface area contributed by atoms with Crippen LogP contribution in [0.3, 0.4) is 0 Å². The smallest absolute Gasteiger partial charge is 0.191 e. The summed E-state index contributed by atoms with van der Waals surface area (Å²) < 4.78 is 11.2. The summed E-state index contributed by atoms with van der Waals surface area (Å²) in [7, 11) is 0. The Bertz CT molecular complexity index is 566. The highest BCUT2D eigenvalue weighted by atomic mass is 127. The van der Waals surface area contributed by atoms with Crippen molar-refractivity contribution in [1.29, 1.82) is 5.26 Å². The van der Waals surface area contributed by atoms with Crippen LogP contribution in [0.5, 0.6) is 0 Å². The fraction of sp³-hybridized carbons (Fsp3) is 0.579. The van der Waals surface area contributed by atoms with Crippen LogP contribution in [-0.4, -0.2) is 45.0 Å². The van der Waals surface area contributed by atoms with Crippen LogP contribution in [0.1, 0.15) is 37.3 Å². The number of hydrogen-bond acceptors (Lipinski definition) is 4. The zero-order valence-electron chi connectivity index (χ0n) is 15.4. The van der Waals surface area contributed by atoms with E-state index in [1.165, 1.54) is 0 Å². The first-order chi connectivity index (χ1) is 12.3. The van der Waals surface area contributed by atoms with E-state index in [0.29, 0.717) is 24.8 Å². The van der Waals surface area contributed by atoms with E-state index in [1.54, 1.807) is 0 Å². The summed E-state index contributed by atoms with van der Waals surface area (Å²) in [6, 6.07) is 9.62. The van der Waals surface area contributed by atoms with Crippen molar-refractivity contribution in [3.63, 3.8) is 0 Å². The van der Waals surface area contributed by atoms with E-state index in [9.17, 15) is 0 Å². The van der Waals surface area contributed by atoms with E-state index < -0.39 is 0 Å². The van der Waals surface area contributed by atoms with E-state index in [1.807, 2.05) is 31.2 Å². The van der Waals surface area contributed by atoms with Gasteiger partial charge in [0.25, 0.3) is 0 Å². The lowest BCUT2D eigenvalue weighted by molar-refractivity contribution is 0.0168. The van der Waals surface area contributed by atoms with Crippen molar-refractivity contribution >= 4 is 29.9 Å². The lowest BCUT2D eigenvalue weighted by Crippen LogP contribution is -2.38. The van der Waals surface area contributed by atoms with E-state index >= 15 is 0 Å². The highest BCUT2D eigenvalue weighted by Crippen LogP contribution is 2.11. The van der Waals surface area contributed by atoms with Crippen molar-refractivity contribution in [2.24, 2.45) is 4.99 Å². The van der Waals surface area contributed by atoms with Crippen molar-refractivity contribution in [2.75, 3.05) is 32.9 Å². The fourth-order valence-corrected chi connectivity index (χ4v) is 2.57. The summed E-state index contributed by atoms with van der Waals surface area (Å²) in [5.74, 6) is 0.797. The molecule has 144 valence electrons. The van der Waals surface area contributed by atoms with Gasteiger partial charge in [0.05, 0.1) is 30.9 Å². The maximum atomic E-state index is 8.82. The largest absolute Gasteiger partial charge is 0.379 e. The Morgan fingerprint density at radius 2 is 2.15 bits per heavy atom. The average molecular weight is 472 g/mol. The van der Waals surface area contributed by atoms with Crippen LogP contribution in [0.25, 0.3) is 0 Å². The SMILES string of the molecule is CCNC(=NCc1ccc(C#N)cc1)NCCCOCC1CCCO1.I. The number of ether oxygens (including phenoxy) is 2. The van der Waals surface area contributed by atoms with Gasteiger partial charge in [-0.25, -0.2) is 4.99 Å². The first-order valence-corrected chi connectivity index (χ1v) is 9.02. The molecule has 0 spiro atoms. The molecule has 1 aromatic carbocycles. The number of benzene rings is 1. The number of nitrogens with one attached hydrogen (secondary N) is 2. The Kier molecular flexibility index (Phi) is 12.0. The van der Waals surface area contributed by atoms with Gasteiger partial charge in [0.2, 0.25) is 0 Å². The molecule has 1 heterocycles. The Labute approximate surface area is 173 Å². The summed E-state index contributed by atoms with van der Waals surface area (Å²) in [6.45, 7) is 6.55. The minimum Gasteiger partial charge on any atom is -0.379 e. The molecule has 2 rings (SSSR count). The minimum absolute atomic E-state index is 0. The highest BCUT2D eigenvalue weighted by molar-refractivity contribution is 14.0. The molecule has 1 fully saturated rings. The summed E-state index contributed by atoms with van der Waals surface area (Å²) in [5.41, 5.74) is 1.75. The van der Waals surface area contributed by atoms with Crippen molar-refractivity contribution < 1.29 is 9.47 Å². The molecule has 1 aliphatic heterocycles. The van der Waals surface area contributed by atoms with Gasteiger partial charge in [0.15, 0.2) is 5.96 Å². The van der Waals surface area contributed by atoms with Crippen LogP contribution < -0.4 is 10.6 Å². The van der Waals surface area contributed by atoms with E-state index in [0.717, 1.165) is 57.1 Å². The van der Waals surface area contributed by atoms with Crippen molar-refractivity contribution in [3.8, 4) is 6.07 Å². The fourth-order valence-electron chi connectivity index (χ4n) is 2.57. The molecule has 7 heteroatoms. The predicted octanol–water partition coefficient (Wildman–Crippen LogP) is 2.82. The van der Waals surface area contributed by atoms with Gasteiger partial charge in [-0.05, 0) is 43.9 Å². The summed E-state index contributed by atoms with van der Waals surface area (Å²) in [5, 5.41) is 15.4. The molecule has 1 saturated heterocycles. The van der Waals surface area contributed by atoms with Crippen molar-refractivity contribution in [2.45, 2.75) is 38.8 Å². The number of guanidine groups is 1. The molecule has 1 aromatic rings. The summed E-state index contributed by atoms with van der Waals surface area (Å²) in [6.07, 6.45) is 3.48. The molecule has 1 aliphatic rings. The number of nitriles is 1. The van der Waals surface area contributed by atoms with Crippen molar-refractivity contribution in [3.05, 3.63) is 35.4 Å². The number of hydrogen-bond donors (Lipinski definition) is 2. The summed E-state index contributed by atoms with van der Waals surface area (Å²) >= 11 is 0. The Morgan fingerprint density at radius 3 is 2.81 bits per heavy atom. The molecule has 26 heavy (non-hydrogen) atoms. The standard InChI is InChI=1S/C19H28N4O2.HI/c1-2-21-19(23-14-17-8-6-16(13-20)7-9-17)22-10-4-11-24-15-18-5-3-12-25-18;/h6-9,18H,2-5,10-12,14-15H2,1H3,(H2,21,22,23);1H. The molecule has 6 nitrogen and oxygen atoms in total. The molecule has 0 radical (unpaired) electrons. The Balaban J connectivity index is 0.00000338. The number of halogens is 1. The summed E-state index contributed by atoms with van der Waals surface area (Å²) in [4.78, 5) is 4.57. The van der Waals surface area contributed by atoms with Gasteiger partial charge >= 0.3 is 0 Å². The third kappa shape index (κ3) is 8.83. The van der Waals surface area contributed by atoms with Crippen LogP contribution in [0.15, 0.2) is 29.3 Å². The van der Waals surface area contributed by atoms with Gasteiger partial charge in [-0.15, -0.1) is 24.0 Å². The van der Waals surface area contributed by atoms with Crippen LogP contribution in [0, 0.1) is 11.3 Å². The average Bonchev–Trinajstić information content (AvgIpc) is 3.16. The number of aliphatic imine (C=N–C) groups is 1. The normalized spacial score (nSPS) is 16.6. The Hall–Kier alpha value is -1.37. The van der Waals surface area contributed by atoms with Gasteiger partial charge in [-0.3, -0.25) is 0 Å². The molecule has 0 bridgehead atoms. The lowest BCUT2D eigenvalue weighted by Gasteiger charge is -2.12. The molecule has 2 N–H and O–H groups in total.